The van der Waals surface area contributed by atoms with E-state index in [9.17, 15) is 9.59 Å². The molecule has 3 N–H and O–H groups in total. The molecule has 0 aromatic heterocycles. The number of amides is 1. The maximum Gasteiger partial charge on any atom is 0.360 e. The van der Waals surface area contributed by atoms with Crippen LogP contribution in [0.1, 0.15) is 34.6 Å². The van der Waals surface area contributed by atoms with Crippen LogP contribution in [0.15, 0.2) is 10.1 Å². The van der Waals surface area contributed by atoms with Crippen molar-refractivity contribution in [3.8, 4) is 0 Å². The first-order valence-electron chi connectivity index (χ1n) is 7.03. The first-order valence-corrected chi connectivity index (χ1v) is 7.03. The van der Waals surface area contributed by atoms with Crippen molar-refractivity contribution in [2.24, 2.45) is 15.9 Å². The molecular weight excluding hydrogens is 288 g/mol. The van der Waals surface area contributed by atoms with E-state index in [2.05, 4.69) is 10.1 Å². The SMILES string of the molecule is CC(C)(C)O.CCOC(=O)/C(=N/N)C(C)=NC1CN(C=O)C1. The Morgan fingerprint density at radius 1 is 1.45 bits per heavy atom. The second kappa shape index (κ2) is 9.14. The number of esters is 1. The highest BCUT2D eigenvalue weighted by Gasteiger charge is 2.26. The maximum atomic E-state index is 11.4. The lowest BCUT2D eigenvalue weighted by Crippen LogP contribution is -2.49. The van der Waals surface area contributed by atoms with Gasteiger partial charge in [-0.1, -0.05) is 0 Å². The molecule has 1 aliphatic heterocycles. The minimum absolute atomic E-state index is 0.00590. The van der Waals surface area contributed by atoms with Crippen LogP contribution in [-0.2, 0) is 14.3 Å². The molecule has 0 bridgehead atoms. The number of hydrazone groups is 1. The van der Waals surface area contributed by atoms with Crippen LogP contribution in [0.25, 0.3) is 0 Å². The second-order valence-electron chi connectivity index (χ2n) is 5.80. The van der Waals surface area contributed by atoms with Crippen LogP contribution in [0.3, 0.4) is 0 Å². The number of aliphatic hydroxyl groups is 1. The number of ether oxygens (including phenoxy) is 1. The van der Waals surface area contributed by atoms with Gasteiger partial charge in [-0.15, -0.1) is 0 Å². The molecule has 22 heavy (non-hydrogen) atoms. The van der Waals surface area contributed by atoms with Gasteiger partial charge in [0.25, 0.3) is 0 Å². The van der Waals surface area contributed by atoms with E-state index in [1.54, 1.807) is 39.5 Å². The summed E-state index contributed by atoms with van der Waals surface area (Å²) < 4.78 is 4.79. The van der Waals surface area contributed by atoms with Gasteiger partial charge in [0, 0.05) is 13.1 Å². The Morgan fingerprint density at radius 3 is 2.32 bits per heavy atom. The van der Waals surface area contributed by atoms with Gasteiger partial charge in [0.2, 0.25) is 6.41 Å². The summed E-state index contributed by atoms with van der Waals surface area (Å²) in [6, 6.07) is 0.00590. The van der Waals surface area contributed by atoms with Crippen molar-refractivity contribution in [1.29, 1.82) is 0 Å². The summed E-state index contributed by atoms with van der Waals surface area (Å²) in [5, 5.41) is 11.9. The number of carbonyl (C=O) groups excluding carboxylic acids is 2. The van der Waals surface area contributed by atoms with E-state index in [0.29, 0.717) is 18.8 Å². The molecule has 0 aliphatic carbocycles. The normalized spacial score (nSPS) is 16.4. The molecule has 126 valence electrons. The van der Waals surface area contributed by atoms with E-state index >= 15 is 0 Å². The first kappa shape index (κ1) is 20.0. The molecule has 1 saturated heterocycles. The molecule has 1 amide bonds. The summed E-state index contributed by atoms with van der Waals surface area (Å²) in [5.41, 5.74) is -0.0436. The number of hydrogen-bond donors (Lipinski definition) is 2. The monoisotopic (exact) mass is 314 g/mol. The summed E-state index contributed by atoms with van der Waals surface area (Å²) in [5.74, 6) is 4.55. The average Bonchev–Trinajstić information content (AvgIpc) is 2.32. The van der Waals surface area contributed by atoms with E-state index in [1.165, 1.54) is 0 Å². The smallest absolute Gasteiger partial charge is 0.360 e. The molecule has 1 fully saturated rings. The molecule has 8 nitrogen and oxygen atoms in total. The highest BCUT2D eigenvalue weighted by molar-refractivity contribution is 6.65. The van der Waals surface area contributed by atoms with Gasteiger partial charge < -0.3 is 20.6 Å². The van der Waals surface area contributed by atoms with Gasteiger partial charge in [0.1, 0.15) is 0 Å². The molecular formula is C14H26N4O4. The lowest BCUT2D eigenvalue weighted by molar-refractivity contribution is -0.134. The third-order valence-corrected chi connectivity index (χ3v) is 2.36. The molecule has 8 heteroatoms. The second-order valence-corrected chi connectivity index (χ2v) is 5.80. The number of rotatable bonds is 5. The van der Waals surface area contributed by atoms with Crippen LogP contribution < -0.4 is 5.84 Å². The summed E-state index contributed by atoms with van der Waals surface area (Å²) in [7, 11) is 0. The molecule has 1 aliphatic rings. The fraction of sp³-hybridized carbons (Fsp3) is 0.714. The van der Waals surface area contributed by atoms with E-state index in [-0.39, 0.29) is 18.4 Å². The maximum absolute atomic E-state index is 11.4. The Balaban J connectivity index is 0.000000763. The van der Waals surface area contributed by atoms with Gasteiger partial charge in [-0.05, 0) is 34.6 Å². The van der Waals surface area contributed by atoms with E-state index in [0.717, 1.165) is 6.41 Å². The predicted octanol–water partition coefficient (Wildman–Crippen LogP) is -0.0571. The number of carbonyl (C=O) groups is 2. The van der Waals surface area contributed by atoms with Crippen LogP contribution in [0, 0.1) is 0 Å². The van der Waals surface area contributed by atoms with Crippen LogP contribution in [0.5, 0.6) is 0 Å². The standard InChI is InChI=1S/C10H16N4O3.C4H10O/c1-3-17-10(16)9(13-11)7(2)12-8-4-14(5-8)6-15;1-4(2,3)5/h6,8H,3-5,11H2,1-2H3;5H,1-3H3/b12-7?,13-9+;. The quantitative estimate of drug-likeness (QED) is 0.242. The van der Waals surface area contributed by atoms with Crippen LogP contribution >= 0.6 is 0 Å². The zero-order chi connectivity index (χ0) is 17.3. The summed E-state index contributed by atoms with van der Waals surface area (Å²) >= 11 is 0. The molecule has 0 saturated carbocycles. The molecule has 0 radical (unpaired) electrons. The van der Waals surface area contributed by atoms with Crippen molar-refractivity contribution >= 4 is 23.8 Å². The Bertz CT molecular complexity index is 429. The number of aliphatic imine (C=N–C) groups is 1. The van der Waals surface area contributed by atoms with Crippen molar-refractivity contribution in [3.05, 3.63) is 0 Å². The van der Waals surface area contributed by atoms with E-state index in [4.69, 9.17) is 15.7 Å². The lowest BCUT2D eigenvalue weighted by atomic mass is 10.1. The first-order chi connectivity index (χ1) is 10.1. The van der Waals surface area contributed by atoms with Crippen molar-refractivity contribution in [2.75, 3.05) is 19.7 Å². The van der Waals surface area contributed by atoms with Crippen molar-refractivity contribution in [3.63, 3.8) is 0 Å². The Hall–Kier alpha value is -1.96. The number of likely N-dealkylation sites (tertiary alicyclic amines) is 1. The molecule has 0 unspecified atom stereocenters. The summed E-state index contributed by atoms with van der Waals surface area (Å²) in [6.07, 6.45) is 0.768. The third-order valence-electron chi connectivity index (χ3n) is 2.36. The largest absolute Gasteiger partial charge is 0.461 e. The molecule has 0 aromatic rings. The van der Waals surface area contributed by atoms with Crippen molar-refractivity contribution in [2.45, 2.75) is 46.3 Å². The minimum atomic E-state index is -0.581. The van der Waals surface area contributed by atoms with Crippen LogP contribution in [0.4, 0.5) is 0 Å². The zero-order valence-electron chi connectivity index (χ0n) is 13.9. The fourth-order valence-corrected chi connectivity index (χ4v) is 1.48. The van der Waals surface area contributed by atoms with Crippen molar-refractivity contribution < 1.29 is 19.4 Å². The van der Waals surface area contributed by atoms with E-state index in [1.807, 2.05) is 0 Å². The minimum Gasteiger partial charge on any atom is -0.461 e. The average molecular weight is 314 g/mol. The Morgan fingerprint density at radius 2 is 1.95 bits per heavy atom. The van der Waals surface area contributed by atoms with Crippen molar-refractivity contribution in [1.82, 2.24) is 4.90 Å². The van der Waals surface area contributed by atoms with Crippen LogP contribution in [0.2, 0.25) is 0 Å². The summed E-state index contributed by atoms with van der Waals surface area (Å²) in [4.78, 5) is 27.7. The summed E-state index contributed by atoms with van der Waals surface area (Å²) in [6.45, 7) is 9.95. The van der Waals surface area contributed by atoms with Gasteiger partial charge in [-0.25, -0.2) is 4.79 Å². The highest BCUT2D eigenvalue weighted by atomic mass is 16.5. The fourth-order valence-electron chi connectivity index (χ4n) is 1.48. The molecule has 1 rings (SSSR count). The van der Waals surface area contributed by atoms with Gasteiger partial charge in [-0.2, -0.15) is 5.10 Å². The third kappa shape index (κ3) is 8.35. The van der Waals surface area contributed by atoms with Gasteiger partial charge in [0.15, 0.2) is 5.71 Å². The molecule has 0 aromatic carbocycles. The van der Waals surface area contributed by atoms with Gasteiger partial charge in [0.05, 0.1) is 24.0 Å². The zero-order valence-corrected chi connectivity index (χ0v) is 13.9. The molecule has 1 heterocycles. The van der Waals surface area contributed by atoms with Gasteiger partial charge >= 0.3 is 5.97 Å². The number of hydrogen-bond acceptors (Lipinski definition) is 7. The molecule has 0 spiro atoms. The lowest BCUT2D eigenvalue weighted by Gasteiger charge is -2.33. The molecule has 0 atom stereocenters. The Labute approximate surface area is 131 Å². The van der Waals surface area contributed by atoms with E-state index < -0.39 is 11.6 Å². The Kier molecular flexibility index (Phi) is 8.32. The highest BCUT2D eigenvalue weighted by Crippen LogP contribution is 2.09. The van der Waals surface area contributed by atoms with Crippen LogP contribution in [-0.4, -0.2) is 65.1 Å². The topological polar surface area (TPSA) is 118 Å². The number of nitrogens with zero attached hydrogens (tertiary/aromatic N) is 3. The number of nitrogens with two attached hydrogens (primary N) is 1. The van der Waals surface area contributed by atoms with Gasteiger partial charge in [-0.3, -0.25) is 9.79 Å². The predicted molar refractivity (Wildman–Crippen MR) is 84.8 cm³/mol.